The fourth-order valence-electron chi connectivity index (χ4n) is 2.61. The van der Waals surface area contributed by atoms with Gasteiger partial charge in [-0.15, -0.1) is 0 Å². The minimum Gasteiger partial charge on any atom is -0.321 e. The van der Waals surface area contributed by atoms with Crippen molar-refractivity contribution in [3.05, 3.63) is 69.7 Å². The topological polar surface area (TPSA) is 83.1 Å². The molecule has 0 aliphatic carbocycles. The fraction of sp³-hybridized carbons (Fsp3) is 0.190. The molecule has 1 aromatic heterocycles. The highest BCUT2D eigenvalue weighted by Gasteiger charge is 2.17. The quantitative estimate of drug-likeness (QED) is 0.563. The maximum Gasteiger partial charge on any atom is 0.325 e. The number of aryl methyl sites for hydroxylation is 4. The SMILES string of the molecule is Cc1ccc(NC(=O)Nc2nc(C)c(C(=O)Nc3cc(C)ccc3C)s2)cc1. The number of rotatable bonds is 4. The largest absolute Gasteiger partial charge is 0.325 e. The van der Waals surface area contributed by atoms with Crippen LogP contribution in [0.2, 0.25) is 0 Å². The zero-order valence-electron chi connectivity index (χ0n) is 16.2. The second-order valence-electron chi connectivity index (χ2n) is 6.65. The maximum absolute atomic E-state index is 12.7. The van der Waals surface area contributed by atoms with Crippen molar-refractivity contribution in [3.8, 4) is 0 Å². The molecule has 3 amide bonds. The summed E-state index contributed by atoms with van der Waals surface area (Å²) in [5.74, 6) is -0.240. The van der Waals surface area contributed by atoms with Crippen molar-refractivity contribution in [3.63, 3.8) is 0 Å². The van der Waals surface area contributed by atoms with Gasteiger partial charge >= 0.3 is 6.03 Å². The molecule has 3 rings (SSSR count). The Labute approximate surface area is 168 Å². The molecule has 0 fully saturated rings. The Hall–Kier alpha value is -3.19. The second-order valence-corrected chi connectivity index (χ2v) is 7.65. The highest BCUT2D eigenvalue weighted by atomic mass is 32.1. The van der Waals surface area contributed by atoms with Crippen LogP contribution < -0.4 is 16.0 Å². The van der Waals surface area contributed by atoms with Crippen molar-refractivity contribution in [2.45, 2.75) is 27.7 Å². The van der Waals surface area contributed by atoms with Crippen LogP contribution in [-0.2, 0) is 0 Å². The normalized spacial score (nSPS) is 10.4. The van der Waals surface area contributed by atoms with Gasteiger partial charge in [-0.1, -0.05) is 41.2 Å². The van der Waals surface area contributed by atoms with Crippen molar-refractivity contribution < 1.29 is 9.59 Å². The molecule has 3 aromatic rings. The number of anilines is 3. The lowest BCUT2D eigenvalue weighted by Crippen LogP contribution is -2.19. The van der Waals surface area contributed by atoms with Crippen LogP contribution in [0.15, 0.2) is 42.5 Å². The van der Waals surface area contributed by atoms with Gasteiger partial charge in [-0.2, -0.15) is 0 Å². The van der Waals surface area contributed by atoms with Crippen molar-refractivity contribution in [1.29, 1.82) is 0 Å². The van der Waals surface area contributed by atoms with E-state index in [1.165, 1.54) is 0 Å². The molecule has 0 aliphatic rings. The lowest BCUT2D eigenvalue weighted by Gasteiger charge is -2.08. The van der Waals surface area contributed by atoms with E-state index in [2.05, 4.69) is 20.9 Å². The Balaban J connectivity index is 1.68. The molecule has 7 heteroatoms. The van der Waals surface area contributed by atoms with Crippen LogP contribution in [0.25, 0.3) is 0 Å². The van der Waals surface area contributed by atoms with Gasteiger partial charge in [0, 0.05) is 11.4 Å². The molecule has 0 atom stereocenters. The molecule has 6 nitrogen and oxygen atoms in total. The number of hydrogen-bond acceptors (Lipinski definition) is 4. The first kappa shape index (κ1) is 19.6. The number of aromatic nitrogens is 1. The molecule has 0 saturated carbocycles. The smallest absolute Gasteiger partial charge is 0.321 e. The number of thiazole rings is 1. The highest BCUT2D eigenvalue weighted by molar-refractivity contribution is 7.17. The van der Waals surface area contributed by atoms with Crippen LogP contribution in [0.4, 0.5) is 21.3 Å². The van der Waals surface area contributed by atoms with Gasteiger partial charge in [0.2, 0.25) is 0 Å². The van der Waals surface area contributed by atoms with Gasteiger partial charge < -0.3 is 10.6 Å². The van der Waals surface area contributed by atoms with Crippen molar-refractivity contribution in [2.24, 2.45) is 0 Å². The molecule has 0 unspecified atom stereocenters. The van der Waals surface area contributed by atoms with Gasteiger partial charge in [0.05, 0.1) is 5.69 Å². The number of nitrogens with zero attached hydrogens (tertiary/aromatic N) is 1. The summed E-state index contributed by atoms with van der Waals surface area (Å²) in [7, 11) is 0. The molecule has 144 valence electrons. The Bertz CT molecular complexity index is 1030. The van der Waals surface area contributed by atoms with Crippen LogP contribution in [0.5, 0.6) is 0 Å². The van der Waals surface area contributed by atoms with E-state index in [0.29, 0.717) is 21.4 Å². The summed E-state index contributed by atoms with van der Waals surface area (Å²) in [6.45, 7) is 7.64. The van der Waals surface area contributed by atoms with Gasteiger partial charge in [-0.05, 0) is 57.0 Å². The average molecular weight is 395 g/mol. The summed E-state index contributed by atoms with van der Waals surface area (Å²) < 4.78 is 0. The van der Waals surface area contributed by atoms with Crippen molar-refractivity contribution in [2.75, 3.05) is 16.0 Å². The fourth-order valence-corrected chi connectivity index (χ4v) is 3.46. The van der Waals surface area contributed by atoms with Crippen molar-refractivity contribution in [1.82, 2.24) is 4.98 Å². The number of amides is 3. The molecule has 0 bridgehead atoms. The molecule has 1 heterocycles. The average Bonchev–Trinajstić information content (AvgIpc) is 3.00. The van der Waals surface area contributed by atoms with Crippen LogP contribution in [0.3, 0.4) is 0 Å². The van der Waals surface area contributed by atoms with Crippen LogP contribution in [0, 0.1) is 27.7 Å². The second kappa shape index (κ2) is 8.22. The van der Waals surface area contributed by atoms with Gasteiger partial charge in [0.25, 0.3) is 5.91 Å². The lowest BCUT2D eigenvalue weighted by molar-refractivity contribution is 0.102. The van der Waals surface area contributed by atoms with Gasteiger partial charge in [0.1, 0.15) is 4.88 Å². The molecular formula is C21H22N4O2S. The van der Waals surface area contributed by atoms with Crippen molar-refractivity contribution >= 4 is 39.8 Å². The lowest BCUT2D eigenvalue weighted by atomic mass is 10.1. The van der Waals surface area contributed by atoms with Crippen LogP contribution in [0.1, 0.15) is 32.1 Å². The molecule has 0 saturated heterocycles. The molecule has 28 heavy (non-hydrogen) atoms. The van der Waals surface area contributed by atoms with E-state index in [1.54, 1.807) is 6.92 Å². The molecule has 0 radical (unpaired) electrons. The number of benzene rings is 2. The third kappa shape index (κ3) is 4.75. The first-order chi connectivity index (χ1) is 13.3. The van der Waals surface area contributed by atoms with E-state index in [9.17, 15) is 9.59 Å². The summed E-state index contributed by atoms with van der Waals surface area (Å²) in [5, 5.41) is 8.72. The van der Waals surface area contributed by atoms with E-state index in [1.807, 2.05) is 63.2 Å². The molecule has 3 N–H and O–H groups in total. The van der Waals surface area contributed by atoms with Crippen LogP contribution >= 0.6 is 11.3 Å². The molecular weight excluding hydrogens is 372 g/mol. The zero-order valence-corrected chi connectivity index (χ0v) is 17.0. The predicted octanol–water partition coefficient (Wildman–Crippen LogP) is 5.27. The Morgan fingerprint density at radius 1 is 0.857 bits per heavy atom. The monoisotopic (exact) mass is 394 g/mol. The van der Waals surface area contributed by atoms with Crippen LogP contribution in [-0.4, -0.2) is 16.9 Å². The minimum absolute atomic E-state index is 0.240. The summed E-state index contributed by atoms with van der Waals surface area (Å²) in [5.41, 5.74) is 5.18. The third-order valence-corrected chi connectivity index (χ3v) is 5.25. The number of carbonyl (C=O) groups excluding carboxylic acids is 2. The standard InChI is InChI=1S/C21H22N4O2S/c1-12-6-9-16(10-7-12)23-20(27)25-21-22-15(4)18(28-21)19(26)24-17-11-13(2)5-8-14(17)3/h5-11H,1-4H3,(H,24,26)(H2,22,23,25,27). The minimum atomic E-state index is -0.404. The van der Waals surface area contributed by atoms with E-state index in [-0.39, 0.29) is 5.91 Å². The number of hydrogen-bond donors (Lipinski definition) is 3. The Kier molecular flexibility index (Phi) is 5.75. The Morgan fingerprint density at radius 2 is 1.54 bits per heavy atom. The summed E-state index contributed by atoms with van der Waals surface area (Å²) in [6, 6.07) is 13.0. The Morgan fingerprint density at radius 3 is 2.25 bits per heavy atom. The number of nitrogens with one attached hydrogen (secondary N) is 3. The highest BCUT2D eigenvalue weighted by Crippen LogP contribution is 2.25. The predicted molar refractivity (Wildman–Crippen MR) is 115 cm³/mol. The van der Waals surface area contributed by atoms with E-state index in [0.717, 1.165) is 33.7 Å². The third-order valence-electron chi connectivity index (χ3n) is 4.17. The van der Waals surface area contributed by atoms with Gasteiger partial charge in [-0.25, -0.2) is 9.78 Å². The van der Waals surface area contributed by atoms with E-state index < -0.39 is 6.03 Å². The first-order valence-electron chi connectivity index (χ1n) is 8.82. The summed E-state index contributed by atoms with van der Waals surface area (Å²) >= 11 is 1.14. The number of carbonyl (C=O) groups is 2. The van der Waals surface area contributed by atoms with E-state index >= 15 is 0 Å². The number of urea groups is 1. The molecule has 0 spiro atoms. The maximum atomic E-state index is 12.7. The summed E-state index contributed by atoms with van der Waals surface area (Å²) in [6.07, 6.45) is 0. The molecule has 2 aromatic carbocycles. The van der Waals surface area contributed by atoms with Gasteiger partial charge in [-0.3, -0.25) is 10.1 Å². The van der Waals surface area contributed by atoms with Gasteiger partial charge in [0.15, 0.2) is 5.13 Å². The zero-order chi connectivity index (χ0) is 20.3. The van der Waals surface area contributed by atoms with E-state index in [4.69, 9.17) is 0 Å². The summed E-state index contributed by atoms with van der Waals surface area (Å²) in [4.78, 5) is 29.6. The molecule has 0 aliphatic heterocycles. The first-order valence-corrected chi connectivity index (χ1v) is 9.64.